The average Bonchev–Trinajstić information content (AvgIpc) is 1.99. The molecule has 62 valence electrons. The number of hydrogen-bond donors (Lipinski definition) is 0. The van der Waals surface area contributed by atoms with Crippen LogP contribution in [0.15, 0.2) is 0 Å². The van der Waals surface area contributed by atoms with Crippen molar-refractivity contribution in [2.45, 2.75) is 46.0 Å². The van der Waals surface area contributed by atoms with Crippen LogP contribution in [0.4, 0.5) is 0 Å². The lowest BCUT2D eigenvalue weighted by Crippen LogP contribution is -2.47. The summed E-state index contributed by atoms with van der Waals surface area (Å²) in [5.74, 6) is 2.17. The second kappa shape index (κ2) is 1.53. The van der Waals surface area contributed by atoms with Crippen molar-refractivity contribution < 1.29 is 0 Å². The van der Waals surface area contributed by atoms with Gasteiger partial charge in [-0.3, -0.25) is 0 Å². The molecule has 0 aromatic rings. The van der Waals surface area contributed by atoms with Crippen LogP contribution in [0, 0.1) is 22.7 Å². The summed E-state index contributed by atoms with van der Waals surface area (Å²) in [6.07, 6.45) is 7.84. The molecule has 4 aliphatic rings. The lowest BCUT2D eigenvalue weighted by atomic mass is 9.47. The molecule has 0 heterocycles. The summed E-state index contributed by atoms with van der Waals surface area (Å²) in [6, 6.07) is 0. The highest BCUT2D eigenvalue weighted by Gasteiger charge is 2.61. The van der Waals surface area contributed by atoms with Gasteiger partial charge in [-0.1, -0.05) is 13.8 Å². The van der Waals surface area contributed by atoms with Gasteiger partial charge in [0.25, 0.3) is 0 Å². The van der Waals surface area contributed by atoms with Crippen LogP contribution < -0.4 is 0 Å². The van der Waals surface area contributed by atoms with E-state index in [0.29, 0.717) is 0 Å². The van der Waals surface area contributed by atoms with E-state index in [1.54, 1.807) is 32.1 Å². The Labute approximate surface area is 69.4 Å². The Morgan fingerprint density at radius 2 is 1.82 bits per heavy atom. The first-order valence-corrected chi connectivity index (χ1v) is 5.11. The summed E-state index contributed by atoms with van der Waals surface area (Å²) < 4.78 is 0. The zero-order valence-electron chi connectivity index (χ0n) is 7.69. The molecule has 2 unspecified atom stereocenters. The van der Waals surface area contributed by atoms with Crippen molar-refractivity contribution in [1.29, 1.82) is 0 Å². The predicted molar refractivity (Wildman–Crippen MR) is 46.3 cm³/mol. The smallest absolute Gasteiger partial charge is 0.0282 e. The van der Waals surface area contributed by atoms with Crippen molar-refractivity contribution in [2.24, 2.45) is 22.7 Å². The molecule has 0 N–H and O–H groups in total. The third-order valence-corrected chi connectivity index (χ3v) is 4.61. The molecular formula is C11H18. The monoisotopic (exact) mass is 150 g/mol. The van der Waals surface area contributed by atoms with Crippen molar-refractivity contribution in [3.05, 3.63) is 0 Å². The summed E-state index contributed by atoms with van der Waals surface area (Å²) in [5.41, 5.74) is 1.67. The largest absolute Gasteiger partial charge is 0.0622 e. The van der Waals surface area contributed by atoms with E-state index in [4.69, 9.17) is 0 Å². The van der Waals surface area contributed by atoms with E-state index in [-0.39, 0.29) is 0 Å². The van der Waals surface area contributed by atoms with Gasteiger partial charge in [-0.25, -0.2) is 0 Å². The van der Waals surface area contributed by atoms with Crippen LogP contribution in [0.5, 0.6) is 0 Å². The summed E-state index contributed by atoms with van der Waals surface area (Å²) in [6.45, 7) is 4.99. The van der Waals surface area contributed by atoms with Gasteiger partial charge >= 0.3 is 0 Å². The second-order valence-electron chi connectivity index (χ2n) is 6.01. The first kappa shape index (κ1) is 6.51. The molecule has 0 amide bonds. The van der Waals surface area contributed by atoms with E-state index in [0.717, 1.165) is 22.7 Å². The molecule has 2 atom stereocenters. The molecule has 4 fully saturated rings. The van der Waals surface area contributed by atoms with Gasteiger partial charge in [0.2, 0.25) is 0 Å². The highest BCUT2D eigenvalue weighted by Crippen LogP contribution is 2.72. The zero-order valence-corrected chi connectivity index (χ0v) is 7.69. The van der Waals surface area contributed by atoms with E-state index in [1.807, 2.05) is 0 Å². The normalized spacial score (nSPS) is 66.0. The van der Waals surface area contributed by atoms with Crippen molar-refractivity contribution in [3.8, 4) is 0 Å². The predicted octanol–water partition coefficient (Wildman–Crippen LogP) is 3.22. The van der Waals surface area contributed by atoms with Gasteiger partial charge in [0, 0.05) is 0 Å². The Balaban J connectivity index is 1.96. The zero-order chi connectivity index (χ0) is 7.69. The van der Waals surface area contributed by atoms with Gasteiger partial charge in [0.1, 0.15) is 0 Å². The van der Waals surface area contributed by atoms with Crippen LogP contribution in [0.2, 0.25) is 0 Å². The fourth-order valence-electron chi connectivity index (χ4n) is 4.79. The molecule has 3 bridgehead atoms. The third kappa shape index (κ3) is 0.666. The van der Waals surface area contributed by atoms with E-state index >= 15 is 0 Å². The molecule has 0 aromatic heterocycles. The molecule has 0 radical (unpaired) electrons. The lowest BCUT2D eigenvalue weighted by molar-refractivity contribution is -0.0708. The minimum absolute atomic E-state index is 0.799. The Morgan fingerprint density at radius 1 is 1.09 bits per heavy atom. The fraction of sp³-hybridized carbons (Fsp3) is 1.00. The molecule has 4 rings (SSSR count). The minimum atomic E-state index is 0.799. The van der Waals surface area contributed by atoms with Gasteiger partial charge in [-0.2, -0.15) is 0 Å². The molecule has 0 aromatic carbocycles. The average molecular weight is 150 g/mol. The molecule has 1 spiro atoms. The maximum atomic E-state index is 2.51. The van der Waals surface area contributed by atoms with Crippen molar-refractivity contribution in [2.75, 3.05) is 0 Å². The summed E-state index contributed by atoms with van der Waals surface area (Å²) in [5, 5.41) is 0. The Kier molecular flexibility index (Phi) is 0.906. The molecule has 11 heavy (non-hydrogen) atoms. The summed E-state index contributed by atoms with van der Waals surface area (Å²) in [7, 11) is 0. The summed E-state index contributed by atoms with van der Waals surface area (Å²) >= 11 is 0. The Bertz CT molecular complexity index is 187. The molecule has 0 aliphatic heterocycles. The van der Waals surface area contributed by atoms with Gasteiger partial charge in [0.15, 0.2) is 0 Å². The maximum Gasteiger partial charge on any atom is -0.0282 e. The van der Waals surface area contributed by atoms with Gasteiger partial charge < -0.3 is 0 Å². The maximum absolute atomic E-state index is 2.51. The van der Waals surface area contributed by atoms with Crippen LogP contribution in [-0.4, -0.2) is 0 Å². The van der Waals surface area contributed by atoms with Crippen LogP contribution in [0.1, 0.15) is 46.0 Å². The van der Waals surface area contributed by atoms with E-state index in [2.05, 4.69) is 13.8 Å². The van der Waals surface area contributed by atoms with Crippen LogP contribution in [0.25, 0.3) is 0 Å². The highest BCUT2D eigenvalue weighted by molar-refractivity contribution is 5.12. The van der Waals surface area contributed by atoms with Gasteiger partial charge in [-0.05, 0) is 54.8 Å². The molecular weight excluding hydrogens is 132 g/mol. The lowest BCUT2D eigenvalue weighted by Gasteiger charge is -2.58. The first-order valence-electron chi connectivity index (χ1n) is 5.11. The Morgan fingerprint density at radius 3 is 2.45 bits per heavy atom. The number of hydrogen-bond acceptors (Lipinski definition) is 0. The standard InChI is InChI=1S/C11H18/c1-8-3-11-5-9(8)4-10(2,6-11)7-11/h8-9H,3-7H2,1-2H3. The SMILES string of the molecule is CC1CC23CC1CC(C)(C2)C3. The number of rotatable bonds is 0. The summed E-state index contributed by atoms with van der Waals surface area (Å²) in [4.78, 5) is 0. The molecule has 4 saturated carbocycles. The Hall–Kier alpha value is 0. The molecule has 0 nitrogen and oxygen atoms in total. The van der Waals surface area contributed by atoms with Crippen LogP contribution >= 0.6 is 0 Å². The third-order valence-electron chi connectivity index (χ3n) is 4.61. The molecule has 0 heteroatoms. The van der Waals surface area contributed by atoms with Crippen molar-refractivity contribution in [1.82, 2.24) is 0 Å². The van der Waals surface area contributed by atoms with E-state index in [9.17, 15) is 0 Å². The minimum Gasteiger partial charge on any atom is -0.0622 e. The molecule has 4 aliphatic carbocycles. The highest BCUT2D eigenvalue weighted by atomic mass is 14.7. The van der Waals surface area contributed by atoms with Crippen LogP contribution in [-0.2, 0) is 0 Å². The van der Waals surface area contributed by atoms with E-state index in [1.165, 1.54) is 0 Å². The first-order chi connectivity index (χ1) is 5.11. The topological polar surface area (TPSA) is 0 Å². The van der Waals surface area contributed by atoms with Crippen molar-refractivity contribution in [3.63, 3.8) is 0 Å². The van der Waals surface area contributed by atoms with Gasteiger partial charge in [-0.15, -0.1) is 0 Å². The van der Waals surface area contributed by atoms with Gasteiger partial charge in [0.05, 0.1) is 0 Å². The fourth-order valence-corrected chi connectivity index (χ4v) is 4.79. The molecule has 0 saturated heterocycles. The quantitative estimate of drug-likeness (QED) is 0.497. The van der Waals surface area contributed by atoms with Crippen molar-refractivity contribution >= 4 is 0 Å². The second-order valence-corrected chi connectivity index (χ2v) is 6.01. The van der Waals surface area contributed by atoms with E-state index < -0.39 is 0 Å². The van der Waals surface area contributed by atoms with Crippen LogP contribution in [0.3, 0.4) is 0 Å².